The number of aliphatic carboxylic acids is 1. The number of nitrogens with zero attached hydrogens (tertiary/aromatic N) is 3. The van der Waals surface area contributed by atoms with E-state index in [1.54, 1.807) is 12.3 Å². The van der Waals surface area contributed by atoms with Crippen LogP contribution < -0.4 is 10.6 Å². The first kappa shape index (κ1) is 46.8. The number of rotatable bonds is 25. The number of amides is 3. The molecule has 1 unspecified atom stereocenters. The van der Waals surface area contributed by atoms with Crippen molar-refractivity contribution in [3.05, 3.63) is 52.0 Å². The summed E-state index contributed by atoms with van der Waals surface area (Å²) in [6.07, 6.45) is 3.87. The van der Waals surface area contributed by atoms with Crippen molar-refractivity contribution in [1.82, 2.24) is 25.4 Å². The highest BCUT2D eigenvalue weighted by Crippen LogP contribution is 2.32. The lowest BCUT2D eigenvalue weighted by Gasteiger charge is -2.40. The Morgan fingerprint density at radius 1 is 0.889 bits per heavy atom. The van der Waals surface area contributed by atoms with Gasteiger partial charge in [-0.25, -0.2) is 4.98 Å². The van der Waals surface area contributed by atoms with Crippen LogP contribution in [0.25, 0.3) is 0 Å². The van der Waals surface area contributed by atoms with Gasteiger partial charge in [-0.3, -0.25) is 24.1 Å². The molecule has 1 aromatic carbocycles. The van der Waals surface area contributed by atoms with E-state index in [0.717, 1.165) is 31.2 Å². The van der Waals surface area contributed by atoms with Crippen LogP contribution in [0.15, 0.2) is 35.7 Å². The number of carboxylic acid groups (broad SMARTS) is 1. The lowest BCUT2D eigenvalue weighted by Crippen LogP contribution is -2.59. The first-order valence-corrected chi connectivity index (χ1v) is 20.9. The minimum Gasteiger partial charge on any atom is -0.481 e. The summed E-state index contributed by atoms with van der Waals surface area (Å²) in [5.41, 5.74) is 1.25. The molecule has 304 valence electrons. The molecule has 0 aliphatic heterocycles. The molecule has 3 amide bonds. The minimum atomic E-state index is -0.911. The molecule has 0 aliphatic rings. The zero-order chi connectivity index (χ0) is 40.5. The van der Waals surface area contributed by atoms with Gasteiger partial charge in [0.05, 0.1) is 12.0 Å². The van der Waals surface area contributed by atoms with E-state index < -0.39 is 30.1 Å². The van der Waals surface area contributed by atoms with Crippen molar-refractivity contribution in [3.63, 3.8) is 0 Å². The van der Waals surface area contributed by atoms with Crippen LogP contribution in [0.3, 0.4) is 0 Å². The van der Waals surface area contributed by atoms with Gasteiger partial charge in [-0.15, -0.1) is 11.3 Å². The fraction of sp³-hybridized carbons (Fsp3) is 0.690. The normalized spacial score (nSPS) is 16.2. The van der Waals surface area contributed by atoms with Gasteiger partial charge in [0.1, 0.15) is 22.8 Å². The van der Waals surface area contributed by atoms with Gasteiger partial charge in [0, 0.05) is 37.0 Å². The van der Waals surface area contributed by atoms with Crippen LogP contribution in [0.2, 0.25) is 0 Å². The van der Waals surface area contributed by atoms with Gasteiger partial charge < -0.3 is 25.4 Å². The third kappa shape index (κ3) is 14.1. The number of likely N-dealkylation sites (N-methyl/N-ethyl adjacent to an activating group) is 1. The van der Waals surface area contributed by atoms with E-state index in [4.69, 9.17) is 9.72 Å². The highest BCUT2D eigenvalue weighted by molar-refractivity contribution is 7.09. The second-order valence-corrected chi connectivity index (χ2v) is 16.4. The lowest BCUT2D eigenvalue weighted by molar-refractivity contribution is -0.143. The van der Waals surface area contributed by atoms with Crippen molar-refractivity contribution >= 4 is 35.0 Å². The highest BCUT2D eigenvalue weighted by Gasteiger charge is 2.38. The number of carboxylic acids is 1. The third-order valence-electron chi connectivity index (χ3n) is 10.4. The Kier molecular flexibility index (Phi) is 20.4. The summed E-state index contributed by atoms with van der Waals surface area (Å²) in [7, 11) is 3.81. The second kappa shape index (κ2) is 23.5. The van der Waals surface area contributed by atoms with E-state index in [0.29, 0.717) is 31.0 Å². The average molecular weight is 772 g/mol. The maximum Gasteiger partial charge on any atom is 0.306 e. The Morgan fingerprint density at radius 2 is 1.54 bits per heavy atom. The first-order chi connectivity index (χ1) is 25.6. The lowest BCUT2D eigenvalue weighted by atomic mass is 9.91. The third-order valence-corrected chi connectivity index (χ3v) is 11.4. The van der Waals surface area contributed by atoms with Crippen molar-refractivity contribution < 1.29 is 29.0 Å². The summed E-state index contributed by atoms with van der Waals surface area (Å²) in [6.45, 7) is 19.2. The summed E-state index contributed by atoms with van der Waals surface area (Å²) in [4.78, 5) is 62.4. The van der Waals surface area contributed by atoms with E-state index in [9.17, 15) is 24.3 Å². The van der Waals surface area contributed by atoms with Crippen LogP contribution in [0.5, 0.6) is 0 Å². The van der Waals surface area contributed by atoms with Gasteiger partial charge in [0.25, 0.3) is 5.91 Å². The maximum absolute atomic E-state index is 14.7. The summed E-state index contributed by atoms with van der Waals surface area (Å²) >= 11 is 1.35. The number of nitrogens with one attached hydrogen (secondary N) is 2. The fourth-order valence-corrected chi connectivity index (χ4v) is 7.76. The Labute approximate surface area is 329 Å². The molecule has 2 rings (SSSR count). The highest BCUT2D eigenvalue weighted by atomic mass is 32.1. The molecule has 1 aromatic heterocycles. The Hall–Kier alpha value is -3.35. The van der Waals surface area contributed by atoms with Gasteiger partial charge in [-0.1, -0.05) is 105 Å². The molecule has 0 spiro atoms. The number of ether oxygens (including phenoxy) is 1. The fourth-order valence-electron chi connectivity index (χ4n) is 6.90. The van der Waals surface area contributed by atoms with Crippen molar-refractivity contribution in [3.8, 4) is 0 Å². The summed E-state index contributed by atoms with van der Waals surface area (Å²) < 4.78 is 6.43. The van der Waals surface area contributed by atoms with E-state index in [1.165, 1.54) is 11.3 Å². The van der Waals surface area contributed by atoms with Crippen molar-refractivity contribution in [2.24, 2.45) is 23.7 Å². The molecule has 12 heteroatoms. The van der Waals surface area contributed by atoms with Crippen molar-refractivity contribution in [2.45, 2.75) is 138 Å². The van der Waals surface area contributed by atoms with Crippen LogP contribution in [-0.4, -0.2) is 95.0 Å². The zero-order valence-electron chi connectivity index (χ0n) is 34.8. The quantitative estimate of drug-likeness (QED) is 0.0962. The van der Waals surface area contributed by atoms with Crippen molar-refractivity contribution in [2.75, 3.05) is 27.2 Å². The predicted molar refractivity (Wildman–Crippen MR) is 217 cm³/mol. The van der Waals surface area contributed by atoms with E-state index in [1.807, 2.05) is 75.0 Å². The molecule has 0 bridgehead atoms. The number of hydrogen-bond donors (Lipinski definition) is 3. The van der Waals surface area contributed by atoms with Crippen LogP contribution in [0.4, 0.5) is 0 Å². The number of hydrogen-bond acceptors (Lipinski definition) is 8. The monoisotopic (exact) mass is 771 g/mol. The molecule has 2 aromatic rings. The SMILES string of the molecule is CCCO[C@H](CC(C(C)C)N(CCC)C(=O)[C@@H](NC(=O)[C@H]([C@@H](C)CC)N(C)C)[C@@H](C)CC)c1nc(C(=O)N[C@@H](Cc2ccccc2)C[C@H](C)C(=O)O)cs1. The molecule has 0 saturated carbocycles. The van der Waals surface area contributed by atoms with Gasteiger partial charge in [-0.2, -0.15) is 0 Å². The molecule has 3 N–H and O–H groups in total. The number of aromatic nitrogens is 1. The molecule has 0 aliphatic carbocycles. The molecular weight excluding hydrogens is 703 g/mol. The standard InChI is InChI=1S/C42H69N5O6S/c1-12-21-47(41(50)36(28(7)14-3)45-39(49)37(46(10)11)29(8)15-4)34(27(5)6)25-35(53-22-13-2)40-44-33(26-54-40)38(48)43-32(23-30(9)42(51)52)24-31-19-17-16-18-20-31/h16-20,26-30,32,34-37H,12-15,21-25H2,1-11H3,(H,43,48)(H,45,49)(H,51,52)/t28-,29-,30-,32+,34?,35+,36-,37-/m0/s1. The van der Waals surface area contributed by atoms with Crippen LogP contribution in [0, 0.1) is 23.7 Å². The smallest absolute Gasteiger partial charge is 0.306 e. The van der Waals surface area contributed by atoms with Gasteiger partial charge in [-0.05, 0) is 63.1 Å². The van der Waals surface area contributed by atoms with Crippen LogP contribution >= 0.6 is 11.3 Å². The number of carbonyl (C=O) groups is 4. The van der Waals surface area contributed by atoms with Crippen molar-refractivity contribution in [1.29, 1.82) is 0 Å². The predicted octanol–water partition coefficient (Wildman–Crippen LogP) is 7.22. The first-order valence-electron chi connectivity index (χ1n) is 20.0. The van der Waals surface area contributed by atoms with Gasteiger partial charge in [0.15, 0.2) is 0 Å². The number of thiazole rings is 1. The average Bonchev–Trinajstić information content (AvgIpc) is 3.63. The molecule has 0 fully saturated rings. The summed E-state index contributed by atoms with van der Waals surface area (Å²) in [5.74, 6) is -2.03. The van der Waals surface area contributed by atoms with E-state index in [-0.39, 0.29) is 59.7 Å². The van der Waals surface area contributed by atoms with E-state index >= 15 is 0 Å². The van der Waals surface area contributed by atoms with E-state index in [2.05, 4.69) is 45.3 Å². The topological polar surface area (TPSA) is 141 Å². The van der Waals surface area contributed by atoms with Gasteiger partial charge >= 0.3 is 5.97 Å². The zero-order valence-corrected chi connectivity index (χ0v) is 35.6. The van der Waals surface area contributed by atoms with Gasteiger partial charge in [0.2, 0.25) is 11.8 Å². The molecule has 11 nitrogen and oxygen atoms in total. The Bertz CT molecular complexity index is 1440. The molecule has 8 atom stereocenters. The Balaban J connectivity index is 2.42. The van der Waals surface area contributed by atoms with Crippen LogP contribution in [-0.2, 0) is 25.5 Å². The second-order valence-electron chi connectivity index (χ2n) is 15.5. The summed E-state index contributed by atoms with van der Waals surface area (Å²) in [6, 6.07) is 8.03. The van der Waals surface area contributed by atoms with Crippen LogP contribution in [0.1, 0.15) is 128 Å². The Morgan fingerprint density at radius 3 is 2.07 bits per heavy atom. The maximum atomic E-state index is 14.7. The molecular formula is C42H69N5O6S. The minimum absolute atomic E-state index is 0.0637. The molecule has 1 heterocycles. The number of carbonyl (C=O) groups excluding carboxylic acids is 3. The largest absolute Gasteiger partial charge is 0.481 e. The number of benzene rings is 1. The molecule has 54 heavy (non-hydrogen) atoms. The summed E-state index contributed by atoms with van der Waals surface area (Å²) in [5, 5.41) is 18.2. The molecule has 0 radical (unpaired) electrons. The molecule has 0 saturated heterocycles.